The van der Waals surface area contributed by atoms with Crippen molar-refractivity contribution in [3.63, 3.8) is 0 Å². The molecule has 9 heteroatoms. The van der Waals surface area contributed by atoms with E-state index >= 15 is 0 Å². The molecule has 0 radical (unpaired) electrons. The number of anilines is 1. The summed E-state index contributed by atoms with van der Waals surface area (Å²) in [5, 5.41) is 2.45. The van der Waals surface area contributed by atoms with Gasteiger partial charge in [-0.15, -0.1) is 0 Å². The van der Waals surface area contributed by atoms with Crippen molar-refractivity contribution < 1.29 is 32.2 Å². The van der Waals surface area contributed by atoms with Crippen LogP contribution in [-0.4, -0.2) is 25.5 Å². The highest BCUT2D eigenvalue weighted by molar-refractivity contribution is 6.03. The van der Waals surface area contributed by atoms with Gasteiger partial charge in [-0.3, -0.25) is 9.59 Å². The largest absolute Gasteiger partial charge is 0.493 e. The highest BCUT2D eigenvalue weighted by Gasteiger charge is 2.11. The molecule has 27 heavy (non-hydrogen) atoms. The summed E-state index contributed by atoms with van der Waals surface area (Å²) in [6.45, 7) is -2.99. The number of hydrogen-bond acceptors (Lipinski definition) is 4. The van der Waals surface area contributed by atoms with Crippen molar-refractivity contribution >= 4 is 23.6 Å². The Hall–Kier alpha value is -3.49. The normalized spacial score (nSPS) is 10.9. The molecule has 0 bridgehead atoms. The second kappa shape index (κ2) is 8.75. The fraction of sp³-hybridized carbons (Fsp3) is 0.111. The van der Waals surface area contributed by atoms with Crippen LogP contribution in [0.3, 0.4) is 0 Å². The lowest BCUT2D eigenvalue weighted by Crippen LogP contribution is -2.14. The van der Waals surface area contributed by atoms with Crippen LogP contribution in [0.1, 0.15) is 15.9 Å². The number of nitrogens with two attached hydrogens (primary N) is 1. The molecule has 0 saturated heterocycles. The van der Waals surface area contributed by atoms with E-state index < -0.39 is 24.2 Å². The predicted molar refractivity (Wildman–Crippen MR) is 92.2 cm³/mol. The Balaban J connectivity index is 2.10. The standard InChI is InChI=1S/C18H15F3N2O4/c1-26-15-8-10(2-6-14(15)27-18(20)21)3-7-16(24)23-11-4-5-13(19)12(9-11)17(22)25/h2-9,18H,1H3,(H2,22,25)(H,23,24)/b7-3+. The topological polar surface area (TPSA) is 90.6 Å². The van der Waals surface area contributed by atoms with Crippen LogP contribution in [0.2, 0.25) is 0 Å². The predicted octanol–water partition coefficient (Wildman–Crippen LogP) is 3.19. The van der Waals surface area contributed by atoms with Crippen molar-refractivity contribution in [2.75, 3.05) is 12.4 Å². The summed E-state index contributed by atoms with van der Waals surface area (Å²) in [5.74, 6) is -2.39. The molecule has 0 atom stereocenters. The van der Waals surface area contributed by atoms with Gasteiger partial charge in [0.1, 0.15) is 5.82 Å². The Kier molecular flexibility index (Phi) is 6.42. The molecule has 2 aromatic carbocycles. The van der Waals surface area contributed by atoms with E-state index in [1.807, 2.05) is 0 Å². The Labute approximate surface area is 152 Å². The van der Waals surface area contributed by atoms with Gasteiger partial charge in [-0.05, 0) is 42.0 Å². The number of hydrogen-bond donors (Lipinski definition) is 2. The monoisotopic (exact) mass is 380 g/mol. The van der Waals surface area contributed by atoms with Crippen LogP contribution in [0.15, 0.2) is 42.5 Å². The van der Waals surface area contributed by atoms with Crippen LogP contribution in [-0.2, 0) is 4.79 Å². The van der Waals surface area contributed by atoms with Gasteiger partial charge in [-0.25, -0.2) is 4.39 Å². The van der Waals surface area contributed by atoms with E-state index in [0.29, 0.717) is 5.56 Å². The molecule has 0 unspecified atom stereocenters. The maximum atomic E-state index is 13.4. The van der Waals surface area contributed by atoms with Gasteiger partial charge < -0.3 is 20.5 Å². The minimum atomic E-state index is -2.99. The average molecular weight is 380 g/mol. The number of nitrogens with one attached hydrogen (secondary N) is 1. The van der Waals surface area contributed by atoms with Crippen LogP contribution in [0.4, 0.5) is 18.9 Å². The van der Waals surface area contributed by atoms with Crippen LogP contribution in [0.5, 0.6) is 11.5 Å². The van der Waals surface area contributed by atoms with E-state index in [0.717, 1.165) is 18.2 Å². The van der Waals surface area contributed by atoms with Crippen molar-refractivity contribution in [3.05, 3.63) is 59.4 Å². The van der Waals surface area contributed by atoms with Crippen LogP contribution in [0, 0.1) is 5.82 Å². The fourth-order valence-corrected chi connectivity index (χ4v) is 2.13. The molecule has 0 heterocycles. The highest BCUT2D eigenvalue weighted by Crippen LogP contribution is 2.29. The number of alkyl halides is 2. The lowest BCUT2D eigenvalue weighted by molar-refractivity contribution is -0.111. The molecule has 0 aromatic heterocycles. The van der Waals surface area contributed by atoms with Crippen molar-refractivity contribution in [3.8, 4) is 11.5 Å². The summed E-state index contributed by atoms with van der Waals surface area (Å²) in [6.07, 6.45) is 2.57. The summed E-state index contributed by atoms with van der Waals surface area (Å²) >= 11 is 0. The van der Waals surface area contributed by atoms with Gasteiger partial charge in [-0.1, -0.05) is 6.07 Å². The van der Waals surface area contributed by atoms with Gasteiger partial charge in [0.25, 0.3) is 5.91 Å². The molecule has 2 rings (SSSR count). The maximum absolute atomic E-state index is 13.4. The zero-order chi connectivity index (χ0) is 20.0. The molecule has 142 valence electrons. The zero-order valence-electron chi connectivity index (χ0n) is 14.0. The number of rotatable bonds is 7. The van der Waals surface area contributed by atoms with E-state index in [4.69, 9.17) is 10.5 Å². The number of halogens is 3. The summed E-state index contributed by atoms with van der Waals surface area (Å²) in [7, 11) is 1.29. The first-order chi connectivity index (χ1) is 12.8. The van der Waals surface area contributed by atoms with Crippen LogP contribution >= 0.6 is 0 Å². The maximum Gasteiger partial charge on any atom is 0.387 e. The van der Waals surface area contributed by atoms with E-state index in [1.54, 1.807) is 0 Å². The van der Waals surface area contributed by atoms with E-state index in [9.17, 15) is 22.8 Å². The smallest absolute Gasteiger partial charge is 0.387 e. The van der Waals surface area contributed by atoms with Crippen molar-refractivity contribution in [2.24, 2.45) is 5.73 Å². The number of carbonyl (C=O) groups excluding carboxylic acids is 2. The summed E-state index contributed by atoms with van der Waals surface area (Å²) in [6, 6.07) is 7.53. The van der Waals surface area contributed by atoms with E-state index in [2.05, 4.69) is 10.1 Å². The first kappa shape index (κ1) is 19.8. The summed E-state index contributed by atoms with van der Waals surface area (Å²) in [5.41, 5.74) is 5.36. The van der Waals surface area contributed by atoms with Crippen molar-refractivity contribution in [1.82, 2.24) is 0 Å². The minimum Gasteiger partial charge on any atom is -0.493 e. The summed E-state index contributed by atoms with van der Waals surface area (Å²) < 4.78 is 47.3. The van der Waals surface area contributed by atoms with Gasteiger partial charge in [0.2, 0.25) is 5.91 Å². The molecule has 0 fully saturated rings. The third-order valence-corrected chi connectivity index (χ3v) is 3.33. The van der Waals surface area contributed by atoms with Gasteiger partial charge in [-0.2, -0.15) is 8.78 Å². The molecule has 0 aliphatic rings. The number of amides is 2. The fourth-order valence-electron chi connectivity index (χ4n) is 2.13. The third-order valence-electron chi connectivity index (χ3n) is 3.33. The summed E-state index contributed by atoms with van der Waals surface area (Å²) in [4.78, 5) is 23.1. The Bertz CT molecular complexity index is 885. The molecule has 3 N–H and O–H groups in total. The number of benzene rings is 2. The van der Waals surface area contributed by atoms with Crippen molar-refractivity contribution in [2.45, 2.75) is 6.61 Å². The quantitative estimate of drug-likeness (QED) is 0.722. The molecule has 6 nitrogen and oxygen atoms in total. The molecular weight excluding hydrogens is 365 g/mol. The number of carbonyl (C=O) groups is 2. The van der Waals surface area contributed by atoms with Crippen molar-refractivity contribution in [1.29, 1.82) is 0 Å². The van der Waals surface area contributed by atoms with E-state index in [-0.39, 0.29) is 22.7 Å². The van der Waals surface area contributed by atoms with Crippen LogP contribution in [0.25, 0.3) is 6.08 Å². The van der Waals surface area contributed by atoms with Crippen LogP contribution < -0.4 is 20.5 Å². The number of primary amides is 1. The first-order valence-corrected chi connectivity index (χ1v) is 7.51. The molecule has 2 amide bonds. The van der Waals surface area contributed by atoms with E-state index in [1.165, 1.54) is 37.5 Å². The van der Waals surface area contributed by atoms with Gasteiger partial charge in [0.15, 0.2) is 11.5 Å². The number of ether oxygens (including phenoxy) is 2. The molecule has 0 spiro atoms. The third kappa shape index (κ3) is 5.50. The molecule has 0 aliphatic carbocycles. The first-order valence-electron chi connectivity index (χ1n) is 7.51. The molecular formula is C18H15F3N2O4. The molecule has 2 aromatic rings. The second-order valence-corrected chi connectivity index (χ2v) is 5.17. The Morgan fingerprint density at radius 2 is 1.89 bits per heavy atom. The molecule has 0 aliphatic heterocycles. The lowest BCUT2D eigenvalue weighted by atomic mass is 10.1. The highest BCUT2D eigenvalue weighted by atomic mass is 19.3. The zero-order valence-corrected chi connectivity index (χ0v) is 14.0. The Morgan fingerprint density at radius 3 is 2.52 bits per heavy atom. The Morgan fingerprint density at radius 1 is 1.15 bits per heavy atom. The average Bonchev–Trinajstić information content (AvgIpc) is 2.61. The molecule has 0 saturated carbocycles. The number of methoxy groups -OCH3 is 1. The second-order valence-electron chi connectivity index (χ2n) is 5.17. The SMILES string of the molecule is COc1cc(/C=C/C(=O)Nc2ccc(F)c(C(N)=O)c2)ccc1OC(F)F. The van der Waals surface area contributed by atoms with Gasteiger partial charge >= 0.3 is 6.61 Å². The lowest BCUT2D eigenvalue weighted by Gasteiger charge is -2.10. The van der Waals surface area contributed by atoms with Gasteiger partial charge in [0.05, 0.1) is 12.7 Å². The minimum absolute atomic E-state index is 0.0718. The van der Waals surface area contributed by atoms with Gasteiger partial charge in [0, 0.05) is 11.8 Å².